The van der Waals surface area contributed by atoms with Crippen molar-refractivity contribution >= 4 is 29.3 Å². The van der Waals surface area contributed by atoms with Crippen molar-refractivity contribution in [3.63, 3.8) is 0 Å². The monoisotopic (exact) mass is 262 g/mol. The molecule has 0 amide bonds. The summed E-state index contributed by atoms with van der Waals surface area (Å²) < 4.78 is 5.00. The Labute approximate surface area is 79.2 Å². The number of hydrogen-bond acceptors (Lipinski definition) is 2. The molecule has 0 aromatic heterocycles. The molecule has 0 bridgehead atoms. The van der Waals surface area contributed by atoms with Crippen LogP contribution in [-0.2, 0) is 0 Å². The van der Waals surface area contributed by atoms with Gasteiger partial charge in [-0.2, -0.15) is 0 Å². The molecule has 0 aliphatic rings. The zero-order chi connectivity index (χ0) is 8.27. The molecule has 0 unspecified atom stereocenters. The third kappa shape index (κ3) is 1.92. The highest BCUT2D eigenvalue weighted by Crippen LogP contribution is 2.19. The van der Waals surface area contributed by atoms with Crippen molar-refractivity contribution in [3.8, 4) is 5.75 Å². The van der Waals surface area contributed by atoms with E-state index in [4.69, 9.17) is 3.07 Å². The van der Waals surface area contributed by atoms with Gasteiger partial charge in [0.05, 0.1) is 0 Å². The summed E-state index contributed by atoms with van der Waals surface area (Å²) in [7, 11) is 0. The van der Waals surface area contributed by atoms with Crippen molar-refractivity contribution in [2.45, 2.75) is 6.92 Å². The Kier molecular flexibility index (Phi) is 2.87. The molecule has 0 spiro atoms. The fourth-order valence-corrected chi connectivity index (χ4v) is 1.33. The first-order chi connectivity index (χ1) is 5.27. The van der Waals surface area contributed by atoms with Crippen LogP contribution < -0.4 is 3.07 Å². The lowest BCUT2D eigenvalue weighted by Gasteiger charge is -2.00. The Morgan fingerprint density at radius 2 is 2.27 bits per heavy atom. The number of benzene rings is 1. The Morgan fingerprint density at radius 3 is 2.73 bits per heavy atom. The number of aryl methyl sites for hydroxylation is 1. The zero-order valence-corrected chi connectivity index (χ0v) is 8.16. The van der Waals surface area contributed by atoms with Crippen LogP contribution in [0.5, 0.6) is 5.75 Å². The molecule has 1 aromatic rings. The van der Waals surface area contributed by atoms with Gasteiger partial charge in [0.25, 0.3) is 0 Å². The summed E-state index contributed by atoms with van der Waals surface area (Å²) in [5.41, 5.74) is 1.66. The van der Waals surface area contributed by atoms with Crippen LogP contribution in [0.2, 0.25) is 0 Å². The Bertz CT molecular complexity index is 271. The van der Waals surface area contributed by atoms with E-state index in [1.54, 1.807) is 18.2 Å². The largest absolute Gasteiger partial charge is 0.427 e. The van der Waals surface area contributed by atoms with Gasteiger partial charge in [-0.3, -0.25) is 4.79 Å². The third-order valence-corrected chi connectivity index (χ3v) is 1.89. The fraction of sp³-hybridized carbons (Fsp3) is 0.125. The first-order valence-corrected chi connectivity index (χ1v) is 4.00. The van der Waals surface area contributed by atoms with Gasteiger partial charge >= 0.3 is 0 Å². The molecule has 1 rings (SSSR count). The quantitative estimate of drug-likeness (QED) is 0.604. The van der Waals surface area contributed by atoms with Crippen LogP contribution in [0.3, 0.4) is 0 Å². The summed E-state index contributed by atoms with van der Waals surface area (Å²) in [6, 6.07) is 5.31. The third-order valence-electron chi connectivity index (χ3n) is 1.42. The smallest absolute Gasteiger partial charge is 0.192 e. The van der Waals surface area contributed by atoms with Gasteiger partial charge in [0, 0.05) is 5.56 Å². The van der Waals surface area contributed by atoms with Gasteiger partial charge < -0.3 is 3.07 Å². The molecule has 0 heterocycles. The topological polar surface area (TPSA) is 26.3 Å². The number of halogens is 1. The molecule has 0 saturated heterocycles. The molecular formula is C8H7IO2. The molecule has 2 nitrogen and oxygen atoms in total. The fourth-order valence-electron chi connectivity index (χ4n) is 0.832. The molecule has 0 radical (unpaired) electrons. The maximum Gasteiger partial charge on any atom is 0.192 e. The minimum absolute atomic E-state index is 0.680. The summed E-state index contributed by atoms with van der Waals surface area (Å²) in [6.45, 7) is 1.90. The second-order valence-corrected chi connectivity index (χ2v) is 2.66. The second-order valence-electron chi connectivity index (χ2n) is 2.22. The minimum atomic E-state index is 0.680. The molecule has 0 aliphatic heterocycles. The lowest BCUT2D eigenvalue weighted by atomic mass is 10.1. The summed E-state index contributed by atoms with van der Waals surface area (Å²) >= 11 is 1.81. The number of carbonyl (C=O) groups is 1. The molecule has 1 aromatic carbocycles. The molecule has 0 aliphatic carbocycles. The maximum absolute atomic E-state index is 10.3. The van der Waals surface area contributed by atoms with Crippen LogP contribution in [0.4, 0.5) is 0 Å². The number of aldehydes is 1. The molecule has 58 valence electrons. The summed E-state index contributed by atoms with van der Waals surface area (Å²) in [5, 5.41) is 0. The summed E-state index contributed by atoms with van der Waals surface area (Å²) in [6.07, 6.45) is 0.823. The van der Waals surface area contributed by atoms with Crippen molar-refractivity contribution in [2.24, 2.45) is 0 Å². The van der Waals surface area contributed by atoms with Crippen LogP contribution in [0.15, 0.2) is 18.2 Å². The van der Waals surface area contributed by atoms with Gasteiger partial charge in [-0.05, 0) is 30.7 Å². The minimum Gasteiger partial charge on any atom is -0.427 e. The molecule has 0 atom stereocenters. The number of rotatable bonds is 2. The molecule has 11 heavy (non-hydrogen) atoms. The Morgan fingerprint density at radius 1 is 1.55 bits per heavy atom. The van der Waals surface area contributed by atoms with Crippen molar-refractivity contribution in [3.05, 3.63) is 29.3 Å². The van der Waals surface area contributed by atoms with Crippen LogP contribution in [0.25, 0.3) is 0 Å². The van der Waals surface area contributed by atoms with E-state index in [-0.39, 0.29) is 0 Å². The van der Waals surface area contributed by atoms with E-state index >= 15 is 0 Å². The molecule has 0 N–H and O–H groups in total. The van der Waals surface area contributed by atoms with Gasteiger partial charge in [0.15, 0.2) is 23.0 Å². The molecule has 0 fully saturated rings. The SMILES string of the molecule is Cc1cc(C=O)ccc1OI. The zero-order valence-electron chi connectivity index (χ0n) is 6.00. The summed E-state index contributed by atoms with van der Waals surface area (Å²) in [4.78, 5) is 10.3. The number of carbonyl (C=O) groups excluding carboxylic acids is 1. The highest BCUT2D eigenvalue weighted by molar-refractivity contribution is 14.1. The summed E-state index contributed by atoms with van der Waals surface area (Å²) in [5.74, 6) is 0.802. The predicted octanol–water partition coefficient (Wildman–Crippen LogP) is 2.54. The van der Waals surface area contributed by atoms with Gasteiger partial charge in [-0.25, -0.2) is 0 Å². The maximum atomic E-state index is 10.3. The number of hydrogen-bond donors (Lipinski definition) is 0. The lowest BCUT2D eigenvalue weighted by Crippen LogP contribution is -1.84. The van der Waals surface area contributed by atoms with Crippen molar-refractivity contribution < 1.29 is 7.86 Å². The average Bonchev–Trinajstić information content (AvgIpc) is 2.04. The lowest BCUT2D eigenvalue weighted by molar-refractivity contribution is 0.112. The Hall–Kier alpha value is -0.580. The first-order valence-electron chi connectivity index (χ1n) is 3.12. The van der Waals surface area contributed by atoms with Gasteiger partial charge in [-0.15, -0.1) is 0 Å². The van der Waals surface area contributed by atoms with Gasteiger partial charge in [0.2, 0.25) is 0 Å². The standard InChI is InChI=1S/C8H7IO2/c1-6-4-7(5-10)2-3-8(6)11-9/h2-5H,1H3. The molecule has 3 heteroatoms. The van der Waals surface area contributed by atoms with E-state index in [2.05, 4.69) is 0 Å². The van der Waals surface area contributed by atoms with Crippen molar-refractivity contribution in [2.75, 3.05) is 0 Å². The van der Waals surface area contributed by atoms with E-state index < -0.39 is 0 Å². The Balaban J connectivity index is 3.09. The molecular weight excluding hydrogens is 255 g/mol. The van der Waals surface area contributed by atoms with Crippen LogP contribution >= 0.6 is 23.0 Å². The highest BCUT2D eigenvalue weighted by atomic mass is 127. The van der Waals surface area contributed by atoms with E-state index in [0.29, 0.717) is 5.56 Å². The van der Waals surface area contributed by atoms with Crippen molar-refractivity contribution in [1.82, 2.24) is 0 Å². The first kappa shape index (κ1) is 8.52. The predicted molar refractivity (Wildman–Crippen MR) is 51.2 cm³/mol. The van der Waals surface area contributed by atoms with E-state index in [1.807, 2.05) is 29.9 Å². The van der Waals surface area contributed by atoms with Crippen LogP contribution in [0, 0.1) is 6.92 Å². The van der Waals surface area contributed by atoms with E-state index in [9.17, 15) is 4.79 Å². The molecule has 0 saturated carbocycles. The average molecular weight is 262 g/mol. The second kappa shape index (κ2) is 3.71. The van der Waals surface area contributed by atoms with Crippen molar-refractivity contribution in [1.29, 1.82) is 0 Å². The van der Waals surface area contributed by atoms with Gasteiger partial charge in [0.1, 0.15) is 12.0 Å². The highest BCUT2D eigenvalue weighted by Gasteiger charge is 1.98. The normalized spacial score (nSPS) is 9.27. The van der Waals surface area contributed by atoms with Crippen LogP contribution in [0.1, 0.15) is 15.9 Å². The van der Waals surface area contributed by atoms with Gasteiger partial charge in [-0.1, -0.05) is 0 Å². The van der Waals surface area contributed by atoms with Crippen LogP contribution in [-0.4, -0.2) is 6.29 Å². The van der Waals surface area contributed by atoms with E-state index in [1.165, 1.54) is 0 Å². The van der Waals surface area contributed by atoms with E-state index in [0.717, 1.165) is 17.6 Å².